The van der Waals surface area contributed by atoms with Crippen LogP contribution in [0.4, 0.5) is 0 Å². The van der Waals surface area contributed by atoms with E-state index in [4.69, 9.17) is 5.26 Å². The molecule has 0 aromatic heterocycles. The fraction of sp³-hybridized carbons (Fsp3) is 0.889. The molecule has 4 saturated carbocycles. The molecule has 2 unspecified atom stereocenters. The first-order chi connectivity index (χ1) is 6.15. The molecule has 5 atom stereocenters. The second-order valence-corrected chi connectivity index (χ2v) is 6.73. The third-order valence-electron chi connectivity index (χ3n) is 4.07. The lowest BCUT2D eigenvalue weighted by Crippen LogP contribution is -2.26. The fourth-order valence-electron chi connectivity index (χ4n) is 3.72. The smallest absolute Gasteiger partial charge is 0.167 e. The summed E-state index contributed by atoms with van der Waals surface area (Å²) in [5.41, 5.74) is 0. The van der Waals surface area contributed by atoms with E-state index in [1.54, 1.807) is 6.07 Å². The summed E-state index contributed by atoms with van der Waals surface area (Å²) < 4.78 is 23.4. The Morgan fingerprint density at radius 2 is 1.92 bits per heavy atom. The van der Waals surface area contributed by atoms with Crippen LogP contribution in [-0.4, -0.2) is 19.4 Å². The molecule has 4 bridgehead atoms. The minimum absolute atomic E-state index is 0.137. The van der Waals surface area contributed by atoms with E-state index >= 15 is 0 Å². The lowest BCUT2D eigenvalue weighted by atomic mass is 10.1. The molecule has 4 rings (SSSR count). The molecule has 0 saturated heterocycles. The van der Waals surface area contributed by atoms with Crippen LogP contribution < -0.4 is 0 Å². The van der Waals surface area contributed by atoms with Crippen LogP contribution in [0, 0.1) is 35.0 Å². The van der Waals surface area contributed by atoms with Gasteiger partial charge in [0, 0.05) is 0 Å². The summed E-state index contributed by atoms with van der Waals surface area (Å²) in [4.78, 5) is 0. The van der Waals surface area contributed by atoms with Crippen LogP contribution in [-0.2, 0) is 9.84 Å². The molecule has 0 radical (unpaired) electrons. The molecule has 4 heteroatoms. The fourth-order valence-corrected chi connectivity index (χ4v) is 5.79. The zero-order valence-corrected chi connectivity index (χ0v) is 8.00. The third-order valence-corrected chi connectivity index (χ3v) is 6.13. The highest BCUT2D eigenvalue weighted by atomic mass is 32.2. The van der Waals surface area contributed by atoms with Crippen molar-refractivity contribution in [3.63, 3.8) is 0 Å². The maximum absolute atomic E-state index is 11.7. The molecular weight excluding hydrogens is 186 g/mol. The predicted octanol–water partition coefficient (Wildman–Crippen LogP) is 0.579. The monoisotopic (exact) mass is 197 g/mol. The van der Waals surface area contributed by atoms with Crippen molar-refractivity contribution < 1.29 is 8.42 Å². The average Bonchev–Trinajstić information content (AvgIpc) is 2.54. The highest BCUT2D eigenvalue weighted by molar-refractivity contribution is 7.92. The molecule has 0 N–H and O–H groups in total. The molecule has 4 fully saturated rings. The van der Waals surface area contributed by atoms with Gasteiger partial charge in [-0.05, 0) is 36.5 Å². The second kappa shape index (κ2) is 2.09. The van der Waals surface area contributed by atoms with E-state index in [1.165, 1.54) is 0 Å². The van der Waals surface area contributed by atoms with Gasteiger partial charge in [0.15, 0.2) is 9.84 Å². The zero-order chi connectivity index (χ0) is 9.22. The van der Waals surface area contributed by atoms with E-state index in [0.717, 1.165) is 12.8 Å². The van der Waals surface area contributed by atoms with Gasteiger partial charge in [-0.15, -0.1) is 0 Å². The van der Waals surface area contributed by atoms with E-state index < -0.39 is 9.84 Å². The topological polar surface area (TPSA) is 57.9 Å². The minimum atomic E-state index is -3.09. The predicted molar refractivity (Wildman–Crippen MR) is 46.4 cm³/mol. The molecule has 4 aliphatic carbocycles. The van der Waals surface area contributed by atoms with Gasteiger partial charge in [0.2, 0.25) is 0 Å². The summed E-state index contributed by atoms with van der Waals surface area (Å²) >= 11 is 0. The van der Waals surface area contributed by atoms with E-state index in [2.05, 4.69) is 0 Å². The van der Waals surface area contributed by atoms with Crippen molar-refractivity contribution in [3.05, 3.63) is 0 Å². The Kier molecular flexibility index (Phi) is 1.25. The standard InChI is InChI=1S/C9H11NO2S/c10-1-2-13(11,12)9-5-3-6-7(4-5)8(6)9/h5-9H,2-4H2/t5?,6-,7+,8?,9-/m0/s1. The van der Waals surface area contributed by atoms with Crippen LogP contribution in [0.5, 0.6) is 0 Å². The van der Waals surface area contributed by atoms with Gasteiger partial charge in [-0.2, -0.15) is 5.26 Å². The first kappa shape index (κ1) is 7.81. The van der Waals surface area contributed by atoms with E-state index in [-0.39, 0.29) is 11.0 Å². The Morgan fingerprint density at radius 1 is 1.31 bits per heavy atom. The molecule has 0 aromatic carbocycles. The number of hydrogen-bond acceptors (Lipinski definition) is 3. The van der Waals surface area contributed by atoms with Crippen molar-refractivity contribution in [3.8, 4) is 6.07 Å². The van der Waals surface area contributed by atoms with Gasteiger partial charge >= 0.3 is 0 Å². The Hall–Kier alpha value is -0.560. The summed E-state index contributed by atoms with van der Waals surface area (Å²) in [5, 5.41) is 8.30. The van der Waals surface area contributed by atoms with Gasteiger partial charge in [0.1, 0.15) is 5.75 Å². The van der Waals surface area contributed by atoms with Crippen LogP contribution in [0.1, 0.15) is 12.8 Å². The number of sulfone groups is 1. The quantitative estimate of drug-likeness (QED) is 0.650. The van der Waals surface area contributed by atoms with Gasteiger partial charge in [0.05, 0.1) is 11.3 Å². The van der Waals surface area contributed by atoms with Gasteiger partial charge in [-0.1, -0.05) is 0 Å². The summed E-state index contributed by atoms with van der Waals surface area (Å²) in [6.45, 7) is 0. The Morgan fingerprint density at radius 3 is 2.31 bits per heavy atom. The summed E-state index contributed by atoms with van der Waals surface area (Å²) in [5.74, 6) is 2.00. The molecule has 3 nitrogen and oxygen atoms in total. The largest absolute Gasteiger partial charge is 0.227 e. The number of nitriles is 1. The van der Waals surface area contributed by atoms with Crippen LogP contribution in [0.25, 0.3) is 0 Å². The van der Waals surface area contributed by atoms with E-state index in [1.807, 2.05) is 0 Å². The van der Waals surface area contributed by atoms with Crippen LogP contribution in [0.2, 0.25) is 0 Å². The molecular formula is C9H11NO2S. The van der Waals surface area contributed by atoms with Gasteiger partial charge in [-0.3, -0.25) is 0 Å². The second-order valence-electron chi connectivity index (χ2n) is 4.57. The van der Waals surface area contributed by atoms with Gasteiger partial charge in [0.25, 0.3) is 0 Å². The maximum Gasteiger partial charge on any atom is 0.167 e. The highest BCUT2D eigenvalue weighted by Gasteiger charge is 2.71. The van der Waals surface area contributed by atoms with Gasteiger partial charge in [-0.25, -0.2) is 8.42 Å². The molecule has 0 amide bonds. The molecule has 0 spiro atoms. The Bertz CT molecular complexity index is 380. The Balaban J connectivity index is 1.93. The zero-order valence-electron chi connectivity index (χ0n) is 7.18. The summed E-state index contributed by atoms with van der Waals surface area (Å²) in [7, 11) is -3.09. The van der Waals surface area contributed by atoms with Gasteiger partial charge < -0.3 is 0 Å². The molecule has 13 heavy (non-hydrogen) atoms. The molecule has 70 valence electrons. The number of rotatable bonds is 2. The van der Waals surface area contributed by atoms with Crippen LogP contribution >= 0.6 is 0 Å². The van der Waals surface area contributed by atoms with Crippen molar-refractivity contribution in [2.24, 2.45) is 23.7 Å². The Labute approximate surface area is 77.7 Å². The summed E-state index contributed by atoms with van der Waals surface area (Å²) in [6, 6.07) is 1.78. The van der Waals surface area contributed by atoms with Crippen LogP contribution in [0.3, 0.4) is 0 Å². The lowest BCUT2D eigenvalue weighted by molar-refractivity contribution is 0.545. The normalized spacial score (nSPS) is 50.5. The molecule has 4 aliphatic rings. The van der Waals surface area contributed by atoms with E-state index in [9.17, 15) is 8.42 Å². The van der Waals surface area contributed by atoms with E-state index in [0.29, 0.717) is 23.7 Å². The van der Waals surface area contributed by atoms with Crippen molar-refractivity contribution in [1.82, 2.24) is 0 Å². The maximum atomic E-state index is 11.7. The minimum Gasteiger partial charge on any atom is -0.227 e. The molecule has 0 aromatic rings. The SMILES string of the molecule is N#CCS(=O)(=O)[C@H]1C2C[C@@H]3C1[C@@H]3C2. The average molecular weight is 197 g/mol. The lowest BCUT2D eigenvalue weighted by Gasteiger charge is -2.12. The molecule has 0 aliphatic heterocycles. The number of nitrogens with zero attached hydrogens (tertiary/aromatic N) is 1. The first-order valence-electron chi connectivity index (χ1n) is 4.73. The summed E-state index contributed by atoms with van der Waals surface area (Å²) in [6.07, 6.45) is 2.23. The molecule has 0 heterocycles. The number of hydrogen-bond donors (Lipinski definition) is 0. The first-order valence-corrected chi connectivity index (χ1v) is 6.45. The van der Waals surface area contributed by atoms with Crippen molar-refractivity contribution in [1.29, 1.82) is 5.26 Å². The highest BCUT2D eigenvalue weighted by Crippen LogP contribution is 2.72. The van der Waals surface area contributed by atoms with Crippen molar-refractivity contribution in [2.45, 2.75) is 18.1 Å². The van der Waals surface area contributed by atoms with Crippen LogP contribution in [0.15, 0.2) is 0 Å². The van der Waals surface area contributed by atoms with Crippen molar-refractivity contribution in [2.75, 3.05) is 5.75 Å². The van der Waals surface area contributed by atoms with Crippen molar-refractivity contribution >= 4 is 9.84 Å². The third kappa shape index (κ3) is 0.812.